The highest BCUT2D eigenvalue weighted by Crippen LogP contribution is 2.11. The Morgan fingerprint density at radius 1 is 1.50 bits per heavy atom. The third-order valence-electron chi connectivity index (χ3n) is 2.06. The number of halogens is 1. The van der Waals surface area contributed by atoms with Gasteiger partial charge in [-0.05, 0) is 12.8 Å². The molecule has 1 rings (SSSR count). The third-order valence-corrected chi connectivity index (χ3v) is 2.06. The summed E-state index contributed by atoms with van der Waals surface area (Å²) in [6.07, 6.45) is 1.50. The molecule has 0 aromatic rings. The van der Waals surface area contributed by atoms with Gasteiger partial charge in [0.1, 0.15) is 0 Å². The van der Waals surface area contributed by atoms with Crippen molar-refractivity contribution in [3.8, 4) is 0 Å². The first kappa shape index (κ1) is 9.19. The molecule has 0 radical (unpaired) electrons. The van der Waals surface area contributed by atoms with Crippen molar-refractivity contribution in [1.29, 1.82) is 0 Å². The minimum absolute atomic E-state index is 0.155. The minimum Gasteiger partial charge on any atom is -0.337 e. The molecule has 12 heavy (non-hydrogen) atoms. The Hall–Kier alpha value is -0.900. The van der Waals surface area contributed by atoms with Gasteiger partial charge in [-0.2, -0.15) is 0 Å². The summed E-state index contributed by atoms with van der Waals surface area (Å²) in [5.74, 6) is -1.48. The molecule has 0 aromatic heterocycles. The Labute approximate surface area is 71.0 Å². The van der Waals surface area contributed by atoms with Crippen molar-refractivity contribution in [2.24, 2.45) is 5.73 Å². The molecule has 3 nitrogen and oxygen atoms in total. The Balaban J connectivity index is 2.44. The van der Waals surface area contributed by atoms with Crippen molar-refractivity contribution < 1.29 is 9.18 Å². The molecule has 1 fully saturated rings. The zero-order chi connectivity index (χ0) is 9.14. The summed E-state index contributed by atoms with van der Waals surface area (Å²) in [7, 11) is 0. The Bertz CT molecular complexity index is 197. The zero-order valence-electron chi connectivity index (χ0n) is 6.92. The minimum atomic E-state index is -0.884. The van der Waals surface area contributed by atoms with Crippen LogP contribution >= 0.6 is 0 Å². The van der Waals surface area contributed by atoms with Crippen LogP contribution in [0.3, 0.4) is 0 Å². The van der Waals surface area contributed by atoms with Crippen molar-refractivity contribution in [3.63, 3.8) is 0 Å². The summed E-state index contributed by atoms with van der Waals surface area (Å²) in [4.78, 5) is 12.5. The van der Waals surface area contributed by atoms with Crippen molar-refractivity contribution in [3.05, 3.63) is 12.4 Å². The van der Waals surface area contributed by atoms with Gasteiger partial charge in [0.15, 0.2) is 5.83 Å². The van der Waals surface area contributed by atoms with Gasteiger partial charge in [0.2, 0.25) is 0 Å². The first-order chi connectivity index (χ1) is 5.61. The van der Waals surface area contributed by atoms with Gasteiger partial charge in [-0.25, -0.2) is 4.39 Å². The first-order valence-electron chi connectivity index (χ1n) is 4.00. The predicted octanol–water partition coefficient (Wildman–Crippen LogP) is 0.419. The summed E-state index contributed by atoms with van der Waals surface area (Å²) < 4.78 is 12.4. The summed E-state index contributed by atoms with van der Waals surface area (Å²) in [6, 6.07) is 0.155. The van der Waals surface area contributed by atoms with Gasteiger partial charge in [0.05, 0.1) is 0 Å². The van der Waals surface area contributed by atoms with Crippen LogP contribution in [-0.4, -0.2) is 29.9 Å². The highest BCUT2D eigenvalue weighted by atomic mass is 19.1. The Morgan fingerprint density at radius 2 is 2.00 bits per heavy atom. The molecule has 1 aliphatic rings. The lowest BCUT2D eigenvalue weighted by Gasteiger charge is -2.29. The lowest BCUT2D eigenvalue weighted by molar-refractivity contribution is -0.129. The van der Waals surface area contributed by atoms with Crippen LogP contribution in [0.5, 0.6) is 0 Å². The molecule has 0 aromatic carbocycles. The van der Waals surface area contributed by atoms with Crippen LogP contribution in [0.25, 0.3) is 0 Å². The fourth-order valence-electron chi connectivity index (χ4n) is 1.27. The van der Waals surface area contributed by atoms with Gasteiger partial charge < -0.3 is 10.6 Å². The Morgan fingerprint density at radius 3 is 2.42 bits per heavy atom. The van der Waals surface area contributed by atoms with E-state index in [1.54, 1.807) is 0 Å². The molecule has 0 spiro atoms. The van der Waals surface area contributed by atoms with Crippen LogP contribution in [-0.2, 0) is 4.79 Å². The van der Waals surface area contributed by atoms with E-state index in [0.29, 0.717) is 13.1 Å². The van der Waals surface area contributed by atoms with Crippen molar-refractivity contribution in [1.82, 2.24) is 4.90 Å². The molecule has 0 unspecified atom stereocenters. The molecule has 0 atom stereocenters. The normalized spacial score (nSPS) is 19.3. The number of amides is 1. The van der Waals surface area contributed by atoms with Gasteiger partial charge in [0, 0.05) is 19.1 Å². The van der Waals surface area contributed by atoms with Crippen molar-refractivity contribution in [2.75, 3.05) is 13.1 Å². The number of nitrogens with zero attached hydrogens (tertiary/aromatic N) is 1. The molecule has 2 N–H and O–H groups in total. The monoisotopic (exact) mass is 172 g/mol. The second-order valence-electron chi connectivity index (χ2n) is 3.03. The van der Waals surface area contributed by atoms with Crippen LogP contribution < -0.4 is 5.73 Å². The van der Waals surface area contributed by atoms with Gasteiger partial charge in [-0.1, -0.05) is 6.58 Å². The lowest BCUT2D eigenvalue weighted by Crippen LogP contribution is -2.42. The number of carbonyl (C=O) groups excluding carboxylic acids is 1. The maximum absolute atomic E-state index is 12.4. The lowest BCUT2D eigenvalue weighted by atomic mass is 10.1. The maximum Gasteiger partial charge on any atom is 0.281 e. The smallest absolute Gasteiger partial charge is 0.281 e. The van der Waals surface area contributed by atoms with E-state index in [1.165, 1.54) is 4.90 Å². The molecule has 0 bridgehead atoms. The van der Waals surface area contributed by atoms with Crippen LogP contribution in [0.2, 0.25) is 0 Å². The largest absolute Gasteiger partial charge is 0.337 e. The predicted molar refractivity (Wildman–Crippen MR) is 44.0 cm³/mol. The fourth-order valence-corrected chi connectivity index (χ4v) is 1.27. The zero-order valence-corrected chi connectivity index (χ0v) is 6.92. The van der Waals surface area contributed by atoms with Gasteiger partial charge in [-0.15, -0.1) is 0 Å². The number of likely N-dealkylation sites (tertiary alicyclic amines) is 1. The number of hydrogen-bond donors (Lipinski definition) is 1. The fraction of sp³-hybridized carbons (Fsp3) is 0.625. The highest BCUT2D eigenvalue weighted by molar-refractivity contribution is 5.90. The van der Waals surface area contributed by atoms with Crippen molar-refractivity contribution >= 4 is 5.91 Å². The quantitative estimate of drug-likeness (QED) is 0.583. The first-order valence-corrected chi connectivity index (χ1v) is 4.00. The van der Waals surface area contributed by atoms with Gasteiger partial charge in [-0.3, -0.25) is 4.79 Å². The average molecular weight is 172 g/mol. The molecule has 0 saturated carbocycles. The van der Waals surface area contributed by atoms with Crippen LogP contribution in [0.15, 0.2) is 12.4 Å². The van der Waals surface area contributed by atoms with Crippen LogP contribution in [0.1, 0.15) is 12.8 Å². The van der Waals surface area contributed by atoms with Crippen molar-refractivity contribution in [2.45, 2.75) is 18.9 Å². The number of carbonyl (C=O) groups is 1. The van der Waals surface area contributed by atoms with E-state index < -0.39 is 11.7 Å². The maximum atomic E-state index is 12.4. The summed E-state index contributed by atoms with van der Waals surface area (Å²) in [5.41, 5.74) is 5.62. The molecule has 1 aliphatic heterocycles. The van der Waals surface area contributed by atoms with Gasteiger partial charge in [0.25, 0.3) is 5.91 Å². The van der Waals surface area contributed by atoms with Crippen LogP contribution in [0.4, 0.5) is 4.39 Å². The van der Waals surface area contributed by atoms with E-state index in [1.807, 2.05) is 0 Å². The third kappa shape index (κ3) is 2.04. The Kier molecular flexibility index (Phi) is 2.81. The van der Waals surface area contributed by atoms with E-state index in [2.05, 4.69) is 6.58 Å². The average Bonchev–Trinajstić information content (AvgIpc) is 2.04. The molecular weight excluding hydrogens is 159 g/mol. The highest BCUT2D eigenvalue weighted by Gasteiger charge is 2.21. The molecule has 68 valence electrons. The summed E-state index contributed by atoms with van der Waals surface area (Å²) in [6.45, 7) is 4.05. The topological polar surface area (TPSA) is 46.3 Å². The van der Waals surface area contributed by atoms with Gasteiger partial charge >= 0.3 is 0 Å². The summed E-state index contributed by atoms with van der Waals surface area (Å²) in [5, 5.41) is 0. The molecule has 1 saturated heterocycles. The SMILES string of the molecule is C=C(F)C(=O)N1CCC(N)CC1. The number of hydrogen-bond acceptors (Lipinski definition) is 2. The van der Waals surface area contributed by atoms with E-state index in [-0.39, 0.29) is 6.04 Å². The second kappa shape index (κ2) is 3.67. The number of rotatable bonds is 1. The van der Waals surface area contributed by atoms with E-state index in [0.717, 1.165) is 12.8 Å². The van der Waals surface area contributed by atoms with E-state index in [9.17, 15) is 9.18 Å². The van der Waals surface area contributed by atoms with E-state index in [4.69, 9.17) is 5.73 Å². The van der Waals surface area contributed by atoms with Crippen LogP contribution in [0, 0.1) is 0 Å². The van der Waals surface area contributed by atoms with E-state index >= 15 is 0 Å². The second-order valence-corrected chi connectivity index (χ2v) is 3.03. The number of nitrogens with two attached hydrogens (primary N) is 1. The molecule has 1 amide bonds. The number of piperidine rings is 1. The molecule has 4 heteroatoms. The molecule has 0 aliphatic carbocycles. The molecular formula is C8H13FN2O. The standard InChI is InChI=1S/C8H13FN2O/c1-6(9)8(12)11-4-2-7(10)3-5-11/h7H,1-5,10H2. The molecule has 1 heterocycles. The summed E-state index contributed by atoms with van der Waals surface area (Å²) >= 11 is 0.